The van der Waals surface area contributed by atoms with Gasteiger partial charge >= 0.3 is 0 Å². The zero-order chi connectivity index (χ0) is 10.7. The Morgan fingerprint density at radius 1 is 1.27 bits per heavy atom. The van der Waals surface area contributed by atoms with Crippen molar-refractivity contribution in [1.29, 1.82) is 5.26 Å². The van der Waals surface area contributed by atoms with Crippen molar-refractivity contribution in [3.63, 3.8) is 0 Å². The molecule has 0 unspecified atom stereocenters. The molecule has 0 N–H and O–H groups in total. The fourth-order valence-electron chi connectivity index (χ4n) is 1.29. The minimum absolute atomic E-state index is 0.467. The first-order valence-corrected chi connectivity index (χ1v) is 4.35. The lowest BCUT2D eigenvalue weighted by atomic mass is 10.2. The predicted octanol–water partition coefficient (Wildman–Crippen LogP) is 1.56. The molecule has 4 heteroatoms. The average molecular weight is 197 g/mol. The zero-order valence-corrected chi connectivity index (χ0v) is 7.79. The van der Waals surface area contributed by atoms with Gasteiger partial charge in [-0.05, 0) is 30.3 Å². The van der Waals surface area contributed by atoms with E-state index in [0.717, 1.165) is 12.0 Å². The topological polar surface area (TPSA) is 58.7 Å². The number of hydrogen-bond acceptors (Lipinski definition) is 3. The van der Waals surface area contributed by atoms with Crippen molar-refractivity contribution in [2.75, 3.05) is 0 Å². The van der Waals surface area contributed by atoms with Crippen molar-refractivity contribution in [1.82, 2.24) is 9.78 Å². The van der Waals surface area contributed by atoms with Crippen LogP contribution in [0.4, 0.5) is 0 Å². The molecule has 0 aliphatic rings. The average Bonchev–Trinajstić information content (AvgIpc) is 2.77. The number of nitriles is 1. The Morgan fingerprint density at radius 2 is 2.00 bits per heavy atom. The molecular weight excluding hydrogens is 190 g/mol. The maximum atomic E-state index is 10.5. The highest BCUT2D eigenvalue weighted by molar-refractivity contribution is 5.75. The minimum atomic E-state index is 0.467. The second-order valence-electron chi connectivity index (χ2n) is 2.95. The van der Waals surface area contributed by atoms with E-state index in [9.17, 15) is 4.79 Å². The summed E-state index contributed by atoms with van der Waals surface area (Å²) >= 11 is 0. The molecule has 0 amide bonds. The SMILES string of the molecule is N#Cc1ccnn1-c1ccc(C=O)cc1. The molecule has 0 aliphatic carbocycles. The lowest BCUT2D eigenvalue weighted by Crippen LogP contribution is -1.98. The fraction of sp³-hybridized carbons (Fsp3) is 0. The van der Waals surface area contributed by atoms with Gasteiger partial charge < -0.3 is 0 Å². The van der Waals surface area contributed by atoms with Gasteiger partial charge in [0.2, 0.25) is 0 Å². The van der Waals surface area contributed by atoms with Crippen LogP contribution in [0.25, 0.3) is 5.69 Å². The van der Waals surface area contributed by atoms with Gasteiger partial charge in [-0.25, -0.2) is 4.68 Å². The summed E-state index contributed by atoms with van der Waals surface area (Å²) < 4.78 is 1.52. The molecule has 0 radical (unpaired) electrons. The molecule has 0 bridgehead atoms. The summed E-state index contributed by atoms with van der Waals surface area (Å²) in [4.78, 5) is 10.5. The van der Waals surface area contributed by atoms with Crippen LogP contribution in [-0.4, -0.2) is 16.1 Å². The van der Waals surface area contributed by atoms with Crippen molar-refractivity contribution in [3.8, 4) is 11.8 Å². The Balaban J connectivity index is 2.46. The van der Waals surface area contributed by atoms with Gasteiger partial charge in [0.05, 0.1) is 11.9 Å². The Hall–Kier alpha value is -2.41. The van der Waals surface area contributed by atoms with E-state index in [1.165, 1.54) is 4.68 Å². The van der Waals surface area contributed by atoms with Crippen molar-refractivity contribution in [2.45, 2.75) is 0 Å². The van der Waals surface area contributed by atoms with Crippen LogP contribution in [0.2, 0.25) is 0 Å². The largest absolute Gasteiger partial charge is 0.298 e. The standard InChI is InChI=1S/C11H7N3O/c12-7-11-5-6-13-14(11)10-3-1-9(8-15)2-4-10/h1-6,8H. The van der Waals surface area contributed by atoms with Gasteiger partial charge in [0, 0.05) is 5.56 Å². The van der Waals surface area contributed by atoms with Crippen LogP contribution in [0.3, 0.4) is 0 Å². The van der Waals surface area contributed by atoms with Gasteiger partial charge in [0.1, 0.15) is 18.0 Å². The third-order valence-corrected chi connectivity index (χ3v) is 2.03. The van der Waals surface area contributed by atoms with Crippen molar-refractivity contribution >= 4 is 6.29 Å². The number of aldehydes is 1. The van der Waals surface area contributed by atoms with Gasteiger partial charge in [0.15, 0.2) is 0 Å². The number of aromatic nitrogens is 2. The molecule has 0 spiro atoms. The molecule has 1 aromatic heterocycles. The number of hydrogen-bond donors (Lipinski definition) is 0. The van der Waals surface area contributed by atoms with E-state index in [0.29, 0.717) is 11.3 Å². The molecule has 15 heavy (non-hydrogen) atoms. The zero-order valence-electron chi connectivity index (χ0n) is 7.79. The van der Waals surface area contributed by atoms with Gasteiger partial charge in [0.25, 0.3) is 0 Å². The van der Waals surface area contributed by atoms with Crippen molar-refractivity contribution in [3.05, 3.63) is 47.8 Å². The first-order valence-electron chi connectivity index (χ1n) is 4.35. The predicted molar refractivity (Wildman–Crippen MR) is 53.7 cm³/mol. The third kappa shape index (κ3) is 1.63. The molecular formula is C11H7N3O. The molecule has 2 rings (SSSR count). The molecule has 4 nitrogen and oxygen atoms in total. The van der Waals surface area contributed by atoms with E-state index in [-0.39, 0.29) is 0 Å². The molecule has 2 aromatic rings. The second-order valence-corrected chi connectivity index (χ2v) is 2.95. The van der Waals surface area contributed by atoms with Gasteiger partial charge in [-0.15, -0.1) is 0 Å². The van der Waals surface area contributed by atoms with E-state index < -0.39 is 0 Å². The van der Waals surface area contributed by atoms with E-state index in [1.54, 1.807) is 36.5 Å². The van der Waals surface area contributed by atoms with Crippen molar-refractivity contribution in [2.24, 2.45) is 0 Å². The number of nitrogens with zero attached hydrogens (tertiary/aromatic N) is 3. The van der Waals surface area contributed by atoms with Crippen LogP contribution >= 0.6 is 0 Å². The summed E-state index contributed by atoms with van der Waals surface area (Å²) in [6.45, 7) is 0. The van der Waals surface area contributed by atoms with E-state index in [2.05, 4.69) is 5.10 Å². The summed E-state index contributed by atoms with van der Waals surface area (Å²) in [5, 5.41) is 12.8. The molecule has 1 aromatic carbocycles. The van der Waals surface area contributed by atoms with Gasteiger partial charge in [-0.1, -0.05) is 0 Å². The monoisotopic (exact) mass is 197 g/mol. The highest BCUT2D eigenvalue weighted by atomic mass is 16.1. The highest BCUT2D eigenvalue weighted by Crippen LogP contribution is 2.10. The number of benzene rings is 1. The van der Waals surface area contributed by atoms with Gasteiger partial charge in [-0.2, -0.15) is 10.4 Å². The summed E-state index contributed by atoms with van der Waals surface area (Å²) in [5.74, 6) is 0. The van der Waals surface area contributed by atoms with Crippen LogP contribution in [0, 0.1) is 11.3 Å². The van der Waals surface area contributed by atoms with Crippen molar-refractivity contribution < 1.29 is 4.79 Å². The molecule has 1 heterocycles. The Labute approximate surface area is 86.4 Å². The molecule has 0 aliphatic heterocycles. The van der Waals surface area contributed by atoms with Crippen LogP contribution in [0.5, 0.6) is 0 Å². The van der Waals surface area contributed by atoms with Crippen LogP contribution < -0.4 is 0 Å². The summed E-state index contributed by atoms with van der Waals surface area (Å²) in [6.07, 6.45) is 2.34. The molecule has 0 atom stereocenters. The lowest BCUT2D eigenvalue weighted by molar-refractivity contribution is 0.112. The van der Waals surface area contributed by atoms with Crippen LogP contribution in [0.1, 0.15) is 16.1 Å². The smallest absolute Gasteiger partial charge is 0.150 e. The maximum absolute atomic E-state index is 10.5. The van der Waals surface area contributed by atoms with Crippen LogP contribution in [-0.2, 0) is 0 Å². The minimum Gasteiger partial charge on any atom is -0.298 e. The molecule has 0 fully saturated rings. The van der Waals surface area contributed by atoms with Crippen LogP contribution in [0.15, 0.2) is 36.5 Å². The molecule has 72 valence electrons. The Bertz CT molecular complexity index is 520. The highest BCUT2D eigenvalue weighted by Gasteiger charge is 2.02. The summed E-state index contributed by atoms with van der Waals surface area (Å²) in [5.41, 5.74) is 1.83. The summed E-state index contributed by atoms with van der Waals surface area (Å²) in [7, 11) is 0. The quantitative estimate of drug-likeness (QED) is 0.686. The third-order valence-electron chi connectivity index (χ3n) is 2.03. The second kappa shape index (κ2) is 3.76. The molecule has 0 saturated heterocycles. The van der Waals surface area contributed by atoms with E-state index >= 15 is 0 Å². The fourth-order valence-corrected chi connectivity index (χ4v) is 1.29. The first-order chi connectivity index (χ1) is 7.35. The van der Waals surface area contributed by atoms with Gasteiger partial charge in [-0.3, -0.25) is 4.79 Å². The number of rotatable bonds is 2. The number of carbonyl (C=O) groups excluding carboxylic acids is 1. The lowest BCUT2D eigenvalue weighted by Gasteiger charge is -2.02. The maximum Gasteiger partial charge on any atom is 0.150 e. The number of carbonyl (C=O) groups is 1. The Kier molecular flexibility index (Phi) is 2.30. The van der Waals surface area contributed by atoms with E-state index in [4.69, 9.17) is 5.26 Å². The normalized spacial score (nSPS) is 9.53. The molecule has 0 saturated carbocycles. The first kappa shape index (κ1) is 9.16. The Morgan fingerprint density at radius 3 is 2.60 bits per heavy atom. The summed E-state index contributed by atoms with van der Waals surface area (Å²) in [6, 6.07) is 10.5. The van der Waals surface area contributed by atoms with E-state index in [1.807, 2.05) is 6.07 Å².